The van der Waals surface area contributed by atoms with Gasteiger partial charge in [-0.1, -0.05) is 13.8 Å². The summed E-state index contributed by atoms with van der Waals surface area (Å²) in [5, 5.41) is 16.0. The maximum atomic E-state index is 12.8. The second-order valence-corrected chi connectivity index (χ2v) is 7.85. The minimum atomic E-state index is -0.285. The van der Waals surface area contributed by atoms with Crippen molar-refractivity contribution >= 4 is 29.3 Å². The van der Waals surface area contributed by atoms with E-state index in [-0.39, 0.29) is 17.6 Å². The number of pyridine rings is 1. The second kappa shape index (κ2) is 8.93. The predicted molar refractivity (Wildman–Crippen MR) is 122 cm³/mol. The predicted octanol–water partition coefficient (Wildman–Crippen LogP) is 2.91. The van der Waals surface area contributed by atoms with Crippen LogP contribution in [0.5, 0.6) is 5.75 Å². The molecule has 2 amide bonds. The van der Waals surface area contributed by atoms with Crippen LogP contribution in [0.4, 0.5) is 5.82 Å². The lowest BCUT2D eigenvalue weighted by Crippen LogP contribution is -2.35. The van der Waals surface area contributed by atoms with E-state index in [2.05, 4.69) is 39.3 Å². The molecule has 0 aliphatic carbocycles. The number of likely N-dealkylation sites (N-methyl/N-ethyl adjacent to an activating group) is 1. The summed E-state index contributed by atoms with van der Waals surface area (Å²) in [6, 6.07) is 0. The highest BCUT2D eigenvalue weighted by atomic mass is 16.3. The Bertz CT molecular complexity index is 1060. The van der Waals surface area contributed by atoms with Crippen LogP contribution in [0.3, 0.4) is 0 Å². The summed E-state index contributed by atoms with van der Waals surface area (Å²) in [7, 11) is 0. The molecule has 1 aliphatic rings. The number of aromatic hydroxyl groups is 1. The first-order chi connectivity index (χ1) is 14.7. The third-order valence-corrected chi connectivity index (χ3v) is 5.94. The lowest BCUT2D eigenvalue weighted by Gasteiger charge is -2.18. The number of fused-ring (bicyclic) bond motifs is 1. The number of aromatic amines is 1. The van der Waals surface area contributed by atoms with Gasteiger partial charge in [-0.05, 0) is 52.4 Å². The van der Waals surface area contributed by atoms with Crippen molar-refractivity contribution in [2.45, 2.75) is 41.5 Å². The maximum Gasteiger partial charge on any atom is 0.257 e. The fourth-order valence-corrected chi connectivity index (χ4v) is 4.05. The van der Waals surface area contributed by atoms with E-state index >= 15 is 0 Å². The largest absolute Gasteiger partial charge is 0.506 e. The molecule has 3 heterocycles. The Hall–Kier alpha value is -3.13. The van der Waals surface area contributed by atoms with Crippen LogP contribution >= 0.6 is 0 Å². The highest BCUT2D eigenvalue weighted by Crippen LogP contribution is 2.39. The van der Waals surface area contributed by atoms with Gasteiger partial charge in [0.2, 0.25) is 0 Å². The number of aryl methyl sites for hydroxylation is 2. The number of carbonyl (C=O) groups is 2. The number of anilines is 1. The lowest BCUT2D eigenvalue weighted by molar-refractivity contribution is -0.110. The van der Waals surface area contributed by atoms with Crippen molar-refractivity contribution in [3.63, 3.8) is 0 Å². The van der Waals surface area contributed by atoms with Crippen LogP contribution in [0.15, 0.2) is 0 Å². The number of nitrogens with zero attached hydrogens (tertiary/aromatic N) is 2. The van der Waals surface area contributed by atoms with Gasteiger partial charge < -0.3 is 25.6 Å². The van der Waals surface area contributed by atoms with Crippen molar-refractivity contribution in [1.29, 1.82) is 0 Å². The van der Waals surface area contributed by atoms with E-state index < -0.39 is 0 Å². The van der Waals surface area contributed by atoms with E-state index in [4.69, 9.17) is 0 Å². The monoisotopic (exact) mass is 425 g/mol. The van der Waals surface area contributed by atoms with Gasteiger partial charge in [0.1, 0.15) is 11.6 Å². The zero-order chi connectivity index (χ0) is 22.9. The highest BCUT2D eigenvalue weighted by Gasteiger charge is 2.30. The molecular formula is C23H31N5O3. The topological polar surface area (TPSA) is 110 Å². The van der Waals surface area contributed by atoms with Gasteiger partial charge in [-0.15, -0.1) is 0 Å². The molecule has 0 atom stereocenters. The Morgan fingerprint density at radius 1 is 1.16 bits per heavy atom. The third kappa shape index (κ3) is 4.20. The molecule has 0 saturated carbocycles. The first kappa shape index (κ1) is 22.6. The van der Waals surface area contributed by atoms with Crippen LogP contribution in [-0.2, 0) is 4.79 Å². The number of hydrogen-bond donors (Lipinski definition) is 4. The Morgan fingerprint density at radius 2 is 1.84 bits per heavy atom. The van der Waals surface area contributed by atoms with Crippen molar-refractivity contribution in [2.75, 3.05) is 31.5 Å². The van der Waals surface area contributed by atoms with Gasteiger partial charge in [-0.2, -0.15) is 0 Å². The number of hydrogen-bond acceptors (Lipinski definition) is 5. The molecule has 2 aromatic rings. The molecule has 8 heteroatoms. The molecule has 166 valence electrons. The Kier molecular flexibility index (Phi) is 6.50. The molecule has 31 heavy (non-hydrogen) atoms. The van der Waals surface area contributed by atoms with Crippen molar-refractivity contribution in [2.24, 2.45) is 0 Å². The number of aromatic nitrogens is 2. The average Bonchev–Trinajstić information content (AvgIpc) is 3.18. The molecule has 1 aliphatic heterocycles. The summed E-state index contributed by atoms with van der Waals surface area (Å²) in [4.78, 5) is 35.2. The number of amides is 2. The maximum absolute atomic E-state index is 12.8. The molecule has 0 unspecified atom stereocenters. The fourth-order valence-electron chi connectivity index (χ4n) is 4.05. The summed E-state index contributed by atoms with van der Waals surface area (Å²) >= 11 is 0. The van der Waals surface area contributed by atoms with Gasteiger partial charge in [0.05, 0.1) is 16.8 Å². The standard InChI is InChI=1S/C23H31N5O3/c1-7-28(8-2)10-9-24-23(31)18-12(3)17(25-14(18)5)11-16-19-13(4)20(29)15(6)26-21(19)27-22(16)30/h11,25,29H,7-10H2,1-6H3,(H,24,31)(H,26,27,30). The van der Waals surface area contributed by atoms with Crippen LogP contribution in [0.1, 0.15) is 58.0 Å². The zero-order valence-electron chi connectivity index (χ0n) is 19.1. The summed E-state index contributed by atoms with van der Waals surface area (Å²) in [6.07, 6.45) is 1.72. The normalized spacial score (nSPS) is 14.3. The van der Waals surface area contributed by atoms with Gasteiger partial charge in [-0.3, -0.25) is 9.59 Å². The molecular weight excluding hydrogens is 394 g/mol. The third-order valence-electron chi connectivity index (χ3n) is 5.94. The van der Waals surface area contributed by atoms with Gasteiger partial charge in [-0.25, -0.2) is 4.98 Å². The van der Waals surface area contributed by atoms with Crippen molar-refractivity contribution in [1.82, 2.24) is 20.2 Å². The first-order valence-corrected chi connectivity index (χ1v) is 10.6. The zero-order valence-corrected chi connectivity index (χ0v) is 19.1. The number of rotatable bonds is 7. The molecule has 4 N–H and O–H groups in total. The molecule has 8 nitrogen and oxygen atoms in total. The summed E-state index contributed by atoms with van der Waals surface area (Å²) < 4.78 is 0. The van der Waals surface area contributed by atoms with Gasteiger partial charge in [0.25, 0.3) is 11.8 Å². The highest BCUT2D eigenvalue weighted by molar-refractivity contribution is 6.35. The Morgan fingerprint density at radius 3 is 2.48 bits per heavy atom. The molecule has 0 spiro atoms. The van der Waals surface area contributed by atoms with Crippen LogP contribution in [0.2, 0.25) is 0 Å². The van der Waals surface area contributed by atoms with Crippen LogP contribution in [0.25, 0.3) is 11.6 Å². The van der Waals surface area contributed by atoms with Crippen molar-refractivity contribution < 1.29 is 14.7 Å². The molecule has 0 fully saturated rings. The van der Waals surface area contributed by atoms with E-state index in [1.165, 1.54) is 0 Å². The van der Waals surface area contributed by atoms with Crippen LogP contribution < -0.4 is 10.6 Å². The minimum Gasteiger partial charge on any atom is -0.506 e. The number of H-pyrrole nitrogens is 1. The molecule has 0 aromatic carbocycles. The molecule has 0 radical (unpaired) electrons. The average molecular weight is 426 g/mol. The van der Waals surface area contributed by atoms with Crippen molar-refractivity contribution in [3.8, 4) is 5.75 Å². The molecule has 0 saturated heterocycles. The number of carbonyl (C=O) groups excluding carboxylic acids is 2. The minimum absolute atomic E-state index is 0.0776. The molecule has 0 bridgehead atoms. The summed E-state index contributed by atoms with van der Waals surface area (Å²) in [5.41, 5.74) is 4.85. The molecule has 2 aromatic heterocycles. The number of nitrogens with one attached hydrogen (secondary N) is 3. The Balaban J connectivity index is 1.90. The van der Waals surface area contributed by atoms with E-state index in [0.717, 1.165) is 30.9 Å². The summed E-state index contributed by atoms with van der Waals surface area (Å²) in [5.74, 6) is 0.103. The van der Waals surface area contributed by atoms with E-state index in [9.17, 15) is 14.7 Å². The second-order valence-electron chi connectivity index (χ2n) is 7.85. The smallest absolute Gasteiger partial charge is 0.257 e. The molecule has 3 rings (SSSR count). The first-order valence-electron chi connectivity index (χ1n) is 10.6. The van der Waals surface area contributed by atoms with Crippen LogP contribution in [0, 0.1) is 27.7 Å². The van der Waals surface area contributed by atoms with E-state index in [1.807, 2.05) is 13.8 Å². The quantitative estimate of drug-likeness (QED) is 0.510. The van der Waals surface area contributed by atoms with Gasteiger partial charge in [0, 0.05) is 35.6 Å². The lowest BCUT2D eigenvalue weighted by atomic mass is 10.00. The van der Waals surface area contributed by atoms with Crippen LogP contribution in [-0.4, -0.2) is 58.0 Å². The Labute approximate surface area is 182 Å². The summed E-state index contributed by atoms with van der Waals surface area (Å²) in [6.45, 7) is 14.6. The van der Waals surface area contributed by atoms with Gasteiger partial charge >= 0.3 is 0 Å². The fraction of sp³-hybridized carbons (Fsp3) is 0.435. The van der Waals surface area contributed by atoms with Crippen molar-refractivity contribution in [3.05, 3.63) is 39.3 Å². The van der Waals surface area contributed by atoms with Gasteiger partial charge in [0.15, 0.2) is 0 Å². The van der Waals surface area contributed by atoms with E-state index in [1.54, 1.807) is 19.9 Å². The SMILES string of the molecule is CCN(CC)CCNC(=O)c1c(C)[nH]c(C=C2C(=O)Nc3nc(C)c(O)c(C)c32)c1C. The van der Waals surface area contributed by atoms with E-state index in [0.29, 0.717) is 46.0 Å².